The van der Waals surface area contributed by atoms with Gasteiger partial charge in [-0.2, -0.15) is 0 Å². The first kappa shape index (κ1) is 20.2. The average molecular weight is 361 g/mol. The zero-order chi connectivity index (χ0) is 19.3. The first-order valence-electron chi connectivity index (χ1n) is 9.23. The van der Waals surface area contributed by atoms with Crippen molar-refractivity contribution in [1.82, 2.24) is 15.5 Å². The molecule has 1 aromatic rings. The van der Waals surface area contributed by atoms with Gasteiger partial charge in [-0.3, -0.25) is 9.59 Å². The highest BCUT2D eigenvalue weighted by Gasteiger charge is 2.36. The molecule has 26 heavy (non-hydrogen) atoms. The highest BCUT2D eigenvalue weighted by Crippen LogP contribution is 2.27. The van der Waals surface area contributed by atoms with Crippen LogP contribution in [0.25, 0.3) is 0 Å². The molecule has 0 fully saturated rings. The average Bonchev–Trinajstić information content (AvgIpc) is 2.58. The normalized spacial score (nSPS) is 15.2. The van der Waals surface area contributed by atoms with Crippen molar-refractivity contribution in [3.63, 3.8) is 0 Å². The third kappa shape index (κ3) is 4.97. The Morgan fingerprint density at radius 2 is 2.00 bits per heavy atom. The summed E-state index contributed by atoms with van der Waals surface area (Å²) in [4.78, 5) is 27.0. The topological polar surface area (TPSA) is 70.7 Å². The van der Waals surface area contributed by atoms with Crippen molar-refractivity contribution in [1.29, 1.82) is 0 Å². The summed E-state index contributed by atoms with van der Waals surface area (Å²) in [5.74, 6) is 0.626. The number of nitrogens with zero attached hydrogens (tertiary/aromatic N) is 1. The van der Waals surface area contributed by atoms with Gasteiger partial charge in [-0.15, -0.1) is 0 Å². The Hall–Kier alpha value is -2.08. The van der Waals surface area contributed by atoms with E-state index < -0.39 is 6.04 Å². The fourth-order valence-electron chi connectivity index (χ4n) is 3.18. The summed E-state index contributed by atoms with van der Waals surface area (Å²) in [6.07, 6.45) is 0.814. The molecule has 2 N–H and O–H groups in total. The second-order valence-electron chi connectivity index (χ2n) is 7.77. The van der Waals surface area contributed by atoms with Crippen molar-refractivity contribution in [3.05, 3.63) is 29.3 Å². The van der Waals surface area contributed by atoms with Gasteiger partial charge in [-0.05, 0) is 49.1 Å². The van der Waals surface area contributed by atoms with E-state index in [1.165, 1.54) is 5.56 Å². The summed E-state index contributed by atoms with van der Waals surface area (Å²) in [6, 6.07) is 5.53. The van der Waals surface area contributed by atoms with Crippen LogP contribution in [0.15, 0.2) is 18.2 Å². The van der Waals surface area contributed by atoms with E-state index in [1.54, 1.807) is 7.05 Å². The van der Waals surface area contributed by atoms with Crippen LogP contribution in [-0.4, -0.2) is 49.5 Å². The van der Waals surface area contributed by atoms with E-state index in [2.05, 4.69) is 16.7 Å². The van der Waals surface area contributed by atoms with E-state index in [-0.39, 0.29) is 23.8 Å². The van der Waals surface area contributed by atoms with Crippen LogP contribution >= 0.6 is 0 Å². The zero-order valence-electron chi connectivity index (χ0n) is 16.5. The Morgan fingerprint density at radius 1 is 1.27 bits per heavy atom. The molecule has 0 spiro atoms. The molecular formula is C20H31N3O3. The molecule has 0 saturated heterocycles. The van der Waals surface area contributed by atoms with E-state index in [4.69, 9.17) is 4.74 Å². The van der Waals surface area contributed by atoms with E-state index in [0.717, 1.165) is 17.7 Å². The number of carbonyl (C=O) groups is 2. The first-order valence-corrected chi connectivity index (χ1v) is 9.23. The quantitative estimate of drug-likeness (QED) is 0.809. The highest BCUT2D eigenvalue weighted by molar-refractivity contribution is 5.89. The lowest BCUT2D eigenvalue weighted by Gasteiger charge is -2.37. The summed E-state index contributed by atoms with van der Waals surface area (Å²) in [7, 11) is 1.71. The standard InChI is InChI=1S/C20H31N3O3/c1-6-26-16-8-7-14-9-10-23(13-15(14)11-16)19(25)18(20(2,3)4)22-17(24)12-21-5/h7-8,11,18,21H,6,9-10,12-13H2,1-5H3,(H,22,24). The second-order valence-corrected chi connectivity index (χ2v) is 7.77. The molecule has 1 aromatic carbocycles. The molecule has 1 aliphatic heterocycles. The Labute approximate surface area is 156 Å². The number of amides is 2. The first-order chi connectivity index (χ1) is 12.3. The van der Waals surface area contributed by atoms with Crippen LogP contribution in [-0.2, 0) is 22.6 Å². The minimum Gasteiger partial charge on any atom is -0.494 e. The predicted octanol–water partition coefficient (Wildman–Crippen LogP) is 1.72. The monoisotopic (exact) mass is 361 g/mol. The summed E-state index contributed by atoms with van der Waals surface area (Å²) in [5.41, 5.74) is 2.00. The Balaban J connectivity index is 2.16. The molecule has 6 heteroatoms. The number of rotatable bonds is 6. The lowest BCUT2D eigenvalue weighted by Crippen LogP contribution is -2.56. The lowest BCUT2D eigenvalue weighted by molar-refractivity contribution is -0.140. The second kappa shape index (κ2) is 8.54. The van der Waals surface area contributed by atoms with E-state index in [0.29, 0.717) is 19.7 Å². The minimum atomic E-state index is -0.556. The van der Waals surface area contributed by atoms with Gasteiger partial charge in [0.25, 0.3) is 0 Å². The van der Waals surface area contributed by atoms with Crippen molar-refractivity contribution in [2.24, 2.45) is 5.41 Å². The molecule has 1 unspecified atom stereocenters. The lowest BCUT2D eigenvalue weighted by atomic mass is 9.85. The highest BCUT2D eigenvalue weighted by atomic mass is 16.5. The van der Waals surface area contributed by atoms with Crippen LogP contribution in [0.2, 0.25) is 0 Å². The molecule has 6 nitrogen and oxygen atoms in total. The molecule has 0 aliphatic carbocycles. The minimum absolute atomic E-state index is 0.0329. The number of fused-ring (bicyclic) bond motifs is 1. The third-order valence-corrected chi connectivity index (χ3v) is 4.57. The van der Waals surface area contributed by atoms with Gasteiger partial charge < -0.3 is 20.3 Å². The van der Waals surface area contributed by atoms with Crippen molar-refractivity contribution >= 4 is 11.8 Å². The Kier molecular flexibility index (Phi) is 6.64. The molecule has 0 saturated carbocycles. The van der Waals surface area contributed by atoms with Crippen LogP contribution in [0.4, 0.5) is 0 Å². The SMILES string of the molecule is CCOc1ccc2c(c1)CN(C(=O)C(NC(=O)CNC)C(C)(C)C)CC2. The Morgan fingerprint density at radius 3 is 2.62 bits per heavy atom. The van der Waals surface area contributed by atoms with E-state index in [1.807, 2.05) is 44.7 Å². The largest absolute Gasteiger partial charge is 0.494 e. The molecule has 2 rings (SSSR count). The molecule has 0 radical (unpaired) electrons. The van der Waals surface area contributed by atoms with Gasteiger partial charge in [0.15, 0.2) is 0 Å². The third-order valence-electron chi connectivity index (χ3n) is 4.57. The van der Waals surface area contributed by atoms with Gasteiger partial charge in [-0.25, -0.2) is 0 Å². The van der Waals surface area contributed by atoms with E-state index in [9.17, 15) is 9.59 Å². The van der Waals surface area contributed by atoms with Gasteiger partial charge in [0, 0.05) is 13.1 Å². The number of likely N-dealkylation sites (N-methyl/N-ethyl adjacent to an activating group) is 1. The van der Waals surface area contributed by atoms with Gasteiger partial charge in [0.1, 0.15) is 11.8 Å². The molecule has 1 atom stereocenters. The number of hydrogen-bond acceptors (Lipinski definition) is 4. The molecule has 144 valence electrons. The van der Waals surface area contributed by atoms with Gasteiger partial charge in [-0.1, -0.05) is 26.8 Å². The number of nitrogens with one attached hydrogen (secondary N) is 2. The van der Waals surface area contributed by atoms with Crippen LogP contribution in [0.1, 0.15) is 38.8 Å². The smallest absolute Gasteiger partial charge is 0.246 e. The summed E-state index contributed by atoms with van der Waals surface area (Å²) in [5, 5.41) is 5.72. The van der Waals surface area contributed by atoms with E-state index >= 15 is 0 Å². The summed E-state index contributed by atoms with van der Waals surface area (Å²) >= 11 is 0. The van der Waals surface area contributed by atoms with Crippen LogP contribution < -0.4 is 15.4 Å². The van der Waals surface area contributed by atoms with Gasteiger partial charge in [0.05, 0.1) is 13.2 Å². The molecule has 0 bridgehead atoms. The predicted molar refractivity (Wildman–Crippen MR) is 102 cm³/mol. The fourth-order valence-corrected chi connectivity index (χ4v) is 3.18. The zero-order valence-corrected chi connectivity index (χ0v) is 16.5. The van der Waals surface area contributed by atoms with Crippen molar-refractivity contribution < 1.29 is 14.3 Å². The fraction of sp³-hybridized carbons (Fsp3) is 0.600. The number of ether oxygens (including phenoxy) is 1. The maximum Gasteiger partial charge on any atom is 0.246 e. The number of hydrogen-bond donors (Lipinski definition) is 2. The maximum atomic E-state index is 13.2. The summed E-state index contributed by atoms with van der Waals surface area (Å²) < 4.78 is 5.58. The summed E-state index contributed by atoms with van der Waals surface area (Å²) in [6.45, 7) is 9.89. The number of carbonyl (C=O) groups excluding carboxylic acids is 2. The van der Waals surface area contributed by atoms with Crippen molar-refractivity contribution in [2.75, 3.05) is 26.7 Å². The van der Waals surface area contributed by atoms with Crippen LogP contribution in [0.5, 0.6) is 5.75 Å². The van der Waals surface area contributed by atoms with Gasteiger partial charge >= 0.3 is 0 Å². The molecule has 0 aromatic heterocycles. The van der Waals surface area contributed by atoms with Crippen LogP contribution in [0.3, 0.4) is 0 Å². The molecule has 1 aliphatic rings. The van der Waals surface area contributed by atoms with Gasteiger partial charge in [0.2, 0.25) is 11.8 Å². The van der Waals surface area contributed by atoms with Crippen LogP contribution in [0, 0.1) is 5.41 Å². The van der Waals surface area contributed by atoms with Crippen molar-refractivity contribution in [3.8, 4) is 5.75 Å². The number of benzene rings is 1. The Bertz CT molecular complexity index is 652. The maximum absolute atomic E-state index is 13.2. The molecule has 2 amide bonds. The van der Waals surface area contributed by atoms with Crippen molar-refractivity contribution in [2.45, 2.75) is 46.7 Å². The molecule has 1 heterocycles. The molecular weight excluding hydrogens is 330 g/mol.